The number of rotatable bonds is 7. The second-order valence-electron chi connectivity index (χ2n) is 13.8. The molecule has 0 aromatic heterocycles. The van der Waals surface area contributed by atoms with Crippen molar-refractivity contribution in [1.29, 1.82) is 0 Å². The summed E-state index contributed by atoms with van der Waals surface area (Å²) in [6.45, 7) is 16.3. The van der Waals surface area contributed by atoms with Crippen molar-refractivity contribution in [2.45, 2.75) is 92.0 Å². The van der Waals surface area contributed by atoms with Crippen LogP contribution >= 0.6 is 0 Å². The molecule has 1 saturated heterocycles. The lowest BCUT2D eigenvalue weighted by Gasteiger charge is -2.34. The van der Waals surface area contributed by atoms with Crippen LogP contribution in [0.15, 0.2) is 48.5 Å². The van der Waals surface area contributed by atoms with Crippen molar-refractivity contribution < 1.29 is 28.2 Å². The molecule has 1 aliphatic heterocycles. The van der Waals surface area contributed by atoms with Gasteiger partial charge in [-0.3, -0.25) is 0 Å². The quantitative estimate of drug-likeness (QED) is 0.271. The fourth-order valence-corrected chi connectivity index (χ4v) is 5.67. The summed E-state index contributed by atoms with van der Waals surface area (Å²) >= 11 is 0. The van der Waals surface area contributed by atoms with Crippen molar-refractivity contribution in [2.24, 2.45) is 0 Å². The number of halogens is 1. The molecule has 0 spiro atoms. The summed E-state index contributed by atoms with van der Waals surface area (Å²) in [4.78, 5) is 26.4. The third-order valence-electron chi connectivity index (χ3n) is 7.96. The minimum absolute atomic E-state index is 0.0672. The highest BCUT2D eigenvalue weighted by atomic mass is 19.1. The second kappa shape index (κ2) is 14.0. The smallest absolute Gasteiger partial charge is 0.410 e. The van der Waals surface area contributed by atoms with E-state index in [4.69, 9.17) is 14.2 Å². The summed E-state index contributed by atoms with van der Waals surface area (Å²) in [5.41, 5.74) is 5.95. The molecule has 46 heavy (non-hydrogen) atoms. The van der Waals surface area contributed by atoms with Gasteiger partial charge in [-0.05, 0) is 120 Å². The minimum Gasteiger partial charge on any atom is -0.496 e. The lowest BCUT2D eigenvalue weighted by Crippen LogP contribution is -2.44. The molecular formula is C37H48FN3O5. The summed E-state index contributed by atoms with van der Waals surface area (Å²) < 4.78 is 31.9. The molecular weight excluding hydrogens is 585 g/mol. The molecule has 248 valence electrons. The summed E-state index contributed by atoms with van der Waals surface area (Å²) in [5.74, 6) is -0.133. The van der Waals surface area contributed by atoms with Crippen LogP contribution < -0.4 is 15.4 Å². The first-order valence-electron chi connectivity index (χ1n) is 15.8. The van der Waals surface area contributed by atoms with Crippen LogP contribution in [-0.4, -0.2) is 54.5 Å². The maximum absolute atomic E-state index is 15.5. The van der Waals surface area contributed by atoms with E-state index in [1.807, 2.05) is 45.9 Å². The maximum Gasteiger partial charge on any atom is 0.410 e. The van der Waals surface area contributed by atoms with E-state index in [2.05, 4.69) is 35.8 Å². The number of nitrogens with zero attached hydrogens (tertiary/aromatic N) is 1. The number of ether oxygens (including phenoxy) is 3. The molecule has 0 saturated carbocycles. The number of benzene rings is 3. The molecule has 0 aliphatic carbocycles. The molecule has 0 unspecified atom stereocenters. The van der Waals surface area contributed by atoms with Crippen molar-refractivity contribution in [2.75, 3.05) is 25.5 Å². The maximum atomic E-state index is 15.5. The summed E-state index contributed by atoms with van der Waals surface area (Å²) in [6.07, 6.45) is 0.770. The van der Waals surface area contributed by atoms with E-state index < -0.39 is 23.1 Å². The molecule has 0 bridgehead atoms. The van der Waals surface area contributed by atoms with Gasteiger partial charge in [0.25, 0.3) is 0 Å². The van der Waals surface area contributed by atoms with E-state index in [1.54, 1.807) is 31.7 Å². The molecule has 0 atom stereocenters. The number of methoxy groups -OCH3 is 1. The zero-order valence-electron chi connectivity index (χ0n) is 28.6. The number of likely N-dealkylation sites (tertiary alicyclic amines) is 1. The zero-order chi connectivity index (χ0) is 33.8. The van der Waals surface area contributed by atoms with Crippen LogP contribution in [-0.2, 0) is 16.0 Å². The van der Waals surface area contributed by atoms with Crippen LogP contribution in [0, 0.1) is 19.7 Å². The highest BCUT2D eigenvalue weighted by Crippen LogP contribution is 2.38. The lowest BCUT2D eigenvalue weighted by molar-refractivity contribution is 0.0210. The van der Waals surface area contributed by atoms with Crippen molar-refractivity contribution >= 4 is 17.9 Å². The van der Waals surface area contributed by atoms with Crippen molar-refractivity contribution in [3.63, 3.8) is 0 Å². The third-order valence-corrected chi connectivity index (χ3v) is 7.96. The van der Waals surface area contributed by atoms with Crippen LogP contribution in [0.2, 0.25) is 0 Å². The van der Waals surface area contributed by atoms with Gasteiger partial charge in [0.15, 0.2) is 0 Å². The molecule has 2 amide bonds. The molecule has 1 heterocycles. The van der Waals surface area contributed by atoms with Gasteiger partial charge >= 0.3 is 12.2 Å². The molecule has 9 heteroatoms. The van der Waals surface area contributed by atoms with Crippen molar-refractivity contribution in [1.82, 2.24) is 10.2 Å². The van der Waals surface area contributed by atoms with Gasteiger partial charge in [-0.15, -0.1) is 0 Å². The zero-order valence-corrected chi connectivity index (χ0v) is 28.6. The minimum atomic E-state index is -0.659. The molecule has 4 rings (SSSR count). The SMILES string of the molecule is COc1cc(-c2cccc(-c3cccc(NC4CCN(C(=O)OC(C)(C)C)CC4)c3C)c2C)cc(F)c1CNC(=O)OC(C)(C)C. The van der Waals surface area contributed by atoms with Gasteiger partial charge in [0, 0.05) is 30.4 Å². The Labute approximate surface area is 272 Å². The molecule has 3 aromatic carbocycles. The number of carbonyl (C=O) groups is 2. The number of alkyl carbamates (subject to hydrolysis) is 1. The van der Waals surface area contributed by atoms with Crippen LogP contribution in [0.1, 0.15) is 71.1 Å². The van der Waals surface area contributed by atoms with E-state index >= 15 is 4.39 Å². The molecule has 1 fully saturated rings. The molecule has 3 aromatic rings. The van der Waals surface area contributed by atoms with Gasteiger partial charge in [0.05, 0.1) is 13.7 Å². The Morgan fingerprint density at radius 2 is 1.46 bits per heavy atom. The second-order valence-corrected chi connectivity index (χ2v) is 13.8. The number of amides is 2. The van der Waals surface area contributed by atoms with Gasteiger partial charge in [-0.2, -0.15) is 0 Å². The van der Waals surface area contributed by atoms with Crippen LogP contribution in [0.25, 0.3) is 22.3 Å². The normalized spacial score (nSPS) is 14.1. The van der Waals surface area contributed by atoms with E-state index in [0.29, 0.717) is 24.4 Å². The van der Waals surface area contributed by atoms with Gasteiger partial charge in [0.1, 0.15) is 22.8 Å². The fourth-order valence-electron chi connectivity index (χ4n) is 5.67. The largest absolute Gasteiger partial charge is 0.496 e. The lowest BCUT2D eigenvalue weighted by atomic mass is 9.90. The number of piperidine rings is 1. The predicted molar refractivity (Wildman–Crippen MR) is 181 cm³/mol. The molecule has 2 N–H and O–H groups in total. The Kier molecular flexibility index (Phi) is 10.5. The summed E-state index contributed by atoms with van der Waals surface area (Å²) in [6, 6.07) is 15.8. The Balaban J connectivity index is 1.53. The first kappa shape index (κ1) is 34.6. The van der Waals surface area contributed by atoms with Crippen molar-refractivity contribution in [3.8, 4) is 28.0 Å². The number of nitrogens with one attached hydrogen (secondary N) is 2. The van der Waals surface area contributed by atoms with Crippen LogP contribution in [0.3, 0.4) is 0 Å². The highest BCUT2D eigenvalue weighted by Gasteiger charge is 2.27. The number of anilines is 1. The highest BCUT2D eigenvalue weighted by molar-refractivity contribution is 5.82. The summed E-state index contributed by atoms with van der Waals surface area (Å²) in [5, 5.41) is 6.33. The van der Waals surface area contributed by atoms with Gasteiger partial charge in [0.2, 0.25) is 0 Å². The first-order chi connectivity index (χ1) is 21.6. The van der Waals surface area contributed by atoms with E-state index in [-0.39, 0.29) is 24.2 Å². The average molecular weight is 634 g/mol. The summed E-state index contributed by atoms with van der Waals surface area (Å²) in [7, 11) is 1.49. The van der Waals surface area contributed by atoms with Gasteiger partial charge < -0.3 is 29.7 Å². The van der Waals surface area contributed by atoms with Crippen LogP contribution in [0.5, 0.6) is 5.75 Å². The van der Waals surface area contributed by atoms with Crippen molar-refractivity contribution in [3.05, 3.63) is 71.0 Å². The molecule has 0 radical (unpaired) electrons. The average Bonchev–Trinajstić information content (AvgIpc) is 2.96. The van der Waals surface area contributed by atoms with E-state index in [0.717, 1.165) is 46.3 Å². The molecule has 8 nitrogen and oxygen atoms in total. The Hall–Kier alpha value is -4.27. The van der Waals surface area contributed by atoms with Gasteiger partial charge in [-0.1, -0.05) is 30.3 Å². The van der Waals surface area contributed by atoms with Gasteiger partial charge in [-0.25, -0.2) is 14.0 Å². The molecule has 1 aliphatic rings. The monoisotopic (exact) mass is 633 g/mol. The van der Waals surface area contributed by atoms with Crippen LogP contribution in [0.4, 0.5) is 19.7 Å². The Bertz CT molecular complexity index is 1570. The topological polar surface area (TPSA) is 89.1 Å². The standard InChI is InChI=1S/C37H48FN3O5/c1-23-27(25-20-31(38)30(33(21-25)44-9)22-39-34(42)45-36(3,4)5)12-10-13-28(23)29-14-11-15-32(24(29)2)40-26-16-18-41(19-17-26)35(43)46-37(6,7)8/h10-15,20-21,26,40H,16-19,22H2,1-9H3,(H,39,42). The Morgan fingerprint density at radius 3 is 2.07 bits per heavy atom. The Morgan fingerprint density at radius 1 is 0.870 bits per heavy atom. The number of hydrogen-bond acceptors (Lipinski definition) is 6. The van der Waals surface area contributed by atoms with E-state index in [1.165, 1.54) is 13.2 Å². The third kappa shape index (κ3) is 8.71. The predicted octanol–water partition coefficient (Wildman–Crippen LogP) is 8.62. The first-order valence-corrected chi connectivity index (χ1v) is 15.8. The van der Waals surface area contributed by atoms with E-state index in [9.17, 15) is 9.59 Å². The fraction of sp³-hybridized carbons (Fsp3) is 0.459. The number of carbonyl (C=O) groups excluding carboxylic acids is 2. The number of hydrogen-bond donors (Lipinski definition) is 2.